The van der Waals surface area contributed by atoms with E-state index in [-0.39, 0.29) is 11.7 Å². The number of anilines is 1. The molecule has 1 aromatic rings. The number of nitrogens with zero attached hydrogens (tertiary/aromatic N) is 1. The van der Waals surface area contributed by atoms with Gasteiger partial charge in [0.1, 0.15) is 5.84 Å². The van der Waals surface area contributed by atoms with Crippen molar-refractivity contribution in [3.8, 4) is 0 Å². The lowest BCUT2D eigenvalue weighted by atomic mass is 10.2. The number of hydrogen-bond acceptors (Lipinski definition) is 3. The maximum atomic E-state index is 11.2. The highest BCUT2D eigenvalue weighted by atomic mass is 16.2. The van der Waals surface area contributed by atoms with E-state index in [1.807, 2.05) is 0 Å². The first-order chi connectivity index (χ1) is 7.06. The zero-order valence-electron chi connectivity index (χ0n) is 8.53. The highest BCUT2D eigenvalue weighted by molar-refractivity contribution is 6.08. The summed E-state index contributed by atoms with van der Waals surface area (Å²) in [6, 6.07) is 6.78. The second-order valence-corrected chi connectivity index (χ2v) is 3.07. The topological polar surface area (TPSA) is 70.2 Å². The lowest BCUT2D eigenvalue weighted by Crippen LogP contribution is -2.31. The van der Waals surface area contributed by atoms with Crippen molar-refractivity contribution in [2.24, 2.45) is 0 Å². The van der Waals surface area contributed by atoms with Gasteiger partial charge in [0.2, 0.25) is 0 Å². The first-order valence-electron chi connectivity index (χ1n) is 4.41. The van der Waals surface area contributed by atoms with E-state index in [2.05, 4.69) is 6.58 Å². The van der Waals surface area contributed by atoms with E-state index >= 15 is 0 Å². The van der Waals surface area contributed by atoms with E-state index in [1.165, 1.54) is 18.0 Å². The molecule has 0 fully saturated rings. The average molecular weight is 203 g/mol. The zero-order chi connectivity index (χ0) is 11.4. The van der Waals surface area contributed by atoms with Gasteiger partial charge in [-0.25, -0.2) is 0 Å². The lowest BCUT2D eigenvalue weighted by Gasteiger charge is -2.16. The number of carbonyl (C=O) groups excluding carboxylic acids is 1. The number of nitrogens with one attached hydrogen (secondary N) is 1. The molecule has 1 amide bonds. The molecule has 0 aromatic heterocycles. The summed E-state index contributed by atoms with van der Waals surface area (Å²) in [4.78, 5) is 12.5. The number of rotatable bonds is 2. The molecule has 1 aromatic carbocycles. The maximum absolute atomic E-state index is 11.2. The fourth-order valence-corrected chi connectivity index (χ4v) is 1.08. The van der Waals surface area contributed by atoms with Gasteiger partial charge in [-0.1, -0.05) is 6.58 Å². The Morgan fingerprint density at radius 2 is 2.00 bits per heavy atom. The molecule has 78 valence electrons. The molecule has 0 atom stereocenters. The number of amides is 1. The van der Waals surface area contributed by atoms with Gasteiger partial charge in [-0.05, 0) is 30.3 Å². The molecule has 0 radical (unpaired) electrons. The third kappa shape index (κ3) is 2.43. The molecule has 0 spiro atoms. The molecule has 1 rings (SSSR count). The van der Waals surface area contributed by atoms with Crippen LogP contribution in [0.2, 0.25) is 0 Å². The number of hydrogen-bond donors (Lipinski definition) is 2. The van der Waals surface area contributed by atoms with Crippen LogP contribution in [0.25, 0.3) is 0 Å². The summed E-state index contributed by atoms with van der Waals surface area (Å²) in [6.45, 7) is 3.36. The highest BCUT2D eigenvalue weighted by Crippen LogP contribution is 2.07. The van der Waals surface area contributed by atoms with Crippen LogP contribution >= 0.6 is 0 Å². The van der Waals surface area contributed by atoms with Crippen molar-refractivity contribution >= 4 is 17.4 Å². The fourth-order valence-electron chi connectivity index (χ4n) is 1.08. The normalized spacial score (nSPS) is 9.40. The van der Waals surface area contributed by atoms with Crippen molar-refractivity contribution < 1.29 is 4.79 Å². The molecule has 0 bridgehead atoms. The lowest BCUT2D eigenvalue weighted by molar-refractivity contribution is -0.121. The van der Waals surface area contributed by atoms with Gasteiger partial charge in [0.25, 0.3) is 5.91 Å². The third-order valence-corrected chi connectivity index (χ3v) is 2.02. The van der Waals surface area contributed by atoms with Crippen molar-refractivity contribution in [1.29, 1.82) is 5.41 Å². The number of amidine groups is 1. The van der Waals surface area contributed by atoms with Crippen LogP contribution in [0.1, 0.15) is 5.56 Å². The van der Waals surface area contributed by atoms with Gasteiger partial charge >= 0.3 is 0 Å². The van der Waals surface area contributed by atoms with E-state index in [1.54, 1.807) is 24.3 Å². The number of nitrogens with two attached hydrogens (primary N) is 1. The Balaban J connectivity index is 2.89. The minimum absolute atomic E-state index is 0.125. The smallest absolute Gasteiger partial charge is 0.251 e. The van der Waals surface area contributed by atoms with Gasteiger partial charge in [0, 0.05) is 18.3 Å². The Morgan fingerprint density at radius 3 is 2.47 bits per heavy atom. The summed E-state index contributed by atoms with van der Waals surface area (Å²) in [5.41, 5.74) is 6.79. The molecule has 4 heteroatoms. The summed E-state index contributed by atoms with van der Waals surface area (Å²) < 4.78 is 0. The van der Waals surface area contributed by atoms with Crippen molar-refractivity contribution in [1.82, 2.24) is 4.90 Å². The molecule has 0 unspecified atom stereocenters. The number of benzene rings is 1. The summed E-state index contributed by atoms with van der Waals surface area (Å²) in [6.07, 6.45) is 1.17. The van der Waals surface area contributed by atoms with E-state index < -0.39 is 0 Å². The molecule has 4 nitrogen and oxygen atoms in total. The Morgan fingerprint density at radius 1 is 1.47 bits per heavy atom. The predicted octanol–water partition coefficient (Wildman–Crippen LogP) is 1.24. The predicted molar refractivity (Wildman–Crippen MR) is 60.7 cm³/mol. The van der Waals surface area contributed by atoms with E-state index in [9.17, 15) is 4.79 Å². The van der Waals surface area contributed by atoms with Gasteiger partial charge in [0.15, 0.2) is 0 Å². The molecule has 0 aliphatic heterocycles. The van der Waals surface area contributed by atoms with Crippen LogP contribution in [-0.2, 0) is 4.79 Å². The monoisotopic (exact) mass is 203 g/mol. The van der Waals surface area contributed by atoms with Crippen molar-refractivity contribution in [2.75, 3.05) is 12.8 Å². The van der Waals surface area contributed by atoms with Crippen molar-refractivity contribution in [3.63, 3.8) is 0 Å². The number of likely N-dealkylation sites (N-methyl/N-ethyl adjacent to an activating group) is 1. The quantitative estimate of drug-likeness (QED) is 0.328. The minimum atomic E-state index is -0.308. The van der Waals surface area contributed by atoms with Gasteiger partial charge in [-0.3, -0.25) is 15.1 Å². The van der Waals surface area contributed by atoms with Gasteiger partial charge in [-0.15, -0.1) is 0 Å². The Hall–Kier alpha value is -2.10. The molecule has 0 saturated carbocycles. The van der Waals surface area contributed by atoms with Crippen LogP contribution in [-0.4, -0.2) is 23.7 Å². The molecule has 0 aliphatic carbocycles. The highest BCUT2D eigenvalue weighted by Gasteiger charge is 2.11. The van der Waals surface area contributed by atoms with Crippen LogP contribution in [0.15, 0.2) is 36.9 Å². The van der Waals surface area contributed by atoms with Gasteiger partial charge < -0.3 is 5.73 Å². The number of nitrogen functional groups attached to an aromatic ring is 1. The molecule has 3 N–H and O–H groups in total. The molecule has 0 heterocycles. The molecule has 15 heavy (non-hydrogen) atoms. The second-order valence-electron chi connectivity index (χ2n) is 3.07. The van der Waals surface area contributed by atoms with Crippen LogP contribution in [0, 0.1) is 5.41 Å². The van der Waals surface area contributed by atoms with E-state index in [0.29, 0.717) is 11.3 Å². The largest absolute Gasteiger partial charge is 0.399 e. The molecular weight excluding hydrogens is 190 g/mol. The van der Waals surface area contributed by atoms with E-state index in [4.69, 9.17) is 11.1 Å². The molecule has 0 saturated heterocycles. The van der Waals surface area contributed by atoms with Crippen molar-refractivity contribution in [2.45, 2.75) is 0 Å². The maximum Gasteiger partial charge on any atom is 0.251 e. The second kappa shape index (κ2) is 4.41. The first-order valence-corrected chi connectivity index (χ1v) is 4.41. The SMILES string of the molecule is C=CC(=O)N(C)C(=N)c1ccc(N)cc1. The summed E-state index contributed by atoms with van der Waals surface area (Å²) >= 11 is 0. The van der Waals surface area contributed by atoms with Gasteiger partial charge in [-0.2, -0.15) is 0 Å². The molecular formula is C11H13N3O. The summed E-state index contributed by atoms with van der Waals surface area (Å²) in [7, 11) is 1.53. The molecule has 0 aliphatic rings. The van der Waals surface area contributed by atoms with Crippen LogP contribution < -0.4 is 5.73 Å². The Kier molecular flexibility index (Phi) is 3.23. The van der Waals surface area contributed by atoms with Crippen LogP contribution in [0.4, 0.5) is 5.69 Å². The zero-order valence-corrected chi connectivity index (χ0v) is 8.53. The Labute approximate surface area is 88.5 Å². The summed E-state index contributed by atoms with van der Waals surface area (Å²) in [5, 5.41) is 7.76. The minimum Gasteiger partial charge on any atom is -0.399 e. The number of carbonyl (C=O) groups is 1. The van der Waals surface area contributed by atoms with Gasteiger partial charge in [0.05, 0.1) is 0 Å². The first kappa shape index (κ1) is 11.0. The van der Waals surface area contributed by atoms with Crippen molar-refractivity contribution in [3.05, 3.63) is 42.5 Å². The van der Waals surface area contributed by atoms with Crippen LogP contribution in [0.5, 0.6) is 0 Å². The average Bonchev–Trinajstić information content (AvgIpc) is 2.27. The summed E-state index contributed by atoms with van der Waals surface area (Å²) in [5.74, 6) is -0.184. The standard InChI is InChI=1S/C11H13N3O/c1-3-10(15)14(2)11(13)8-4-6-9(12)7-5-8/h3-7,13H,1,12H2,2H3. The van der Waals surface area contributed by atoms with E-state index in [0.717, 1.165) is 0 Å². The fraction of sp³-hybridized carbons (Fsp3) is 0.0909. The third-order valence-electron chi connectivity index (χ3n) is 2.02. The van der Waals surface area contributed by atoms with Crippen LogP contribution in [0.3, 0.4) is 0 Å². The Bertz CT molecular complexity index is 395.